The van der Waals surface area contributed by atoms with E-state index in [1.807, 2.05) is 0 Å². The summed E-state index contributed by atoms with van der Waals surface area (Å²) in [6.45, 7) is 5.52. The first-order valence-corrected chi connectivity index (χ1v) is 13.6. The Morgan fingerprint density at radius 1 is 0.516 bits per heavy atom. The van der Waals surface area contributed by atoms with Crippen molar-refractivity contribution >= 4 is 11.9 Å². The van der Waals surface area contributed by atoms with Crippen LogP contribution in [0.2, 0.25) is 0 Å². The molecule has 31 heavy (non-hydrogen) atoms. The van der Waals surface area contributed by atoms with E-state index < -0.39 is 0 Å². The van der Waals surface area contributed by atoms with Gasteiger partial charge in [-0.25, -0.2) is 0 Å². The van der Waals surface area contributed by atoms with Crippen LogP contribution >= 0.6 is 0 Å². The average Bonchev–Trinajstić information content (AvgIpc) is 2.75. The molecule has 184 valence electrons. The normalized spacial score (nSPS) is 10.9. The maximum atomic E-state index is 11.8. The monoisotopic (exact) mass is 439 g/mol. The summed E-state index contributed by atoms with van der Waals surface area (Å²) in [5.74, 6) is -0.284. The number of ether oxygens (including phenoxy) is 2. The molecule has 0 heterocycles. The minimum absolute atomic E-state index is 0.0322. The van der Waals surface area contributed by atoms with Crippen LogP contribution in [0.25, 0.3) is 0 Å². The molecule has 0 aliphatic carbocycles. The van der Waals surface area contributed by atoms with Gasteiger partial charge in [-0.3, -0.25) is 10.2 Å². The quantitative estimate of drug-likeness (QED) is 0.0707. The number of nitrogens with one attached hydrogen (secondary N) is 1. The topological polar surface area (TPSA) is 59.4 Å². The van der Waals surface area contributed by atoms with Gasteiger partial charge in [0, 0.05) is 0 Å². The zero-order valence-electron chi connectivity index (χ0n) is 21.0. The van der Waals surface area contributed by atoms with Crippen molar-refractivity contribution in [2.45, 2.75) is 149 Å². The Kier molecular flexibility index (Phi) is 24.3. The highest BCUT2D eigenvalue weighted by molar-refractivity contribution is 5.92. The molecule has 1 N–H and O–H groups in total. The summed E-state index contributed by atoms with van der Waals surface area (Å²) < 4.78 is 10.6. The molecule has 0 rings (SSSR count). The van der Waals surface area contributed by atoms with Gasteiger partial charge in [-0.2, -0.15) is 0 Å². The van der Waals surface area contributed by atoms with Crippen LogP contribution in [-0.2, 0) is 14.3 Å². The Morgan fingerprint density at radius 2 is 0.839 bits per heavy atom. The number of carbonyl (C=O) groups excluding carboxylic acids is 1. The molecule has 0 saturated carbocycles. The second-order valence-electron chi connectivity index (χ2n) is 9.03. The number of carbonyl (C=O) groups is 1. The second-order valence-corrected chi connectivity index (χ2v) is 9.03. The fourth-order valence-electron chi connectivity index (χ4n) is 3.79. The van der Waals surface area contributed by atoms with Crippen molar-refractivity contribution in [1.29, 1.82) is 5.41 Å². The fourth-order valence-corrected chi connectivity index (χ4v) is 3.79. The van der Waals surface area contributed by atoms with Gasteiger partial charge >= 0.3 is 5.97 Å². The van der Waals surface area contributed by atoms with E-state index in [9.17, 15) is 4.79 Å². The smallest absolute Gasteiger partial charge is 0.315 e. The third kappa shape index (κ3) is 25.1. The van der Waals surface area contributed by atoms with Crippen LogP contribution < -0.4 is 0 Å². The number of hydrogen-bond donors (Lipinski definition) is 1. The molecule has 0 radical (unpaired) electrons. The average molecular weight is 440 g/mol. The molecule has 0 bridgehead atoms. The van der Waals surface area contributed by atoms with Gasteiger partial charge in [0.05, 0.1) is 13.2 Å². The van der Waals surface area contributed by atoms with Gasteiger partial charge in [0.2, 0.25) is 0 Å². The van der Waals surface area contributed by atoms with Gasteiger partial charge in [0.25, 0.3) is 0 Å². The summed E-state index contributed by atoms with van der Waals surface area (Å²) in [6, 6.07) is 0. The summed E-state index contributed by atoms with van der Waals surface area (Å²) >= 11 is 0. The molecule has 0 aliphatic rings. The van der Waals surface area contributed by atoms with Crippen molar-refractivity contribution in [2.24, 2.45) is 0 Å². The largest absolute Gasteiger partial charge is 0.481 e. The molecular weight excluding hydrogens is 386 g/mol. The highest BCUT2D eigenvalue weighted by Crippen LogP contribution is 2.11. The van der Waals surface area contributed by atoms with E-state index in [2.05, 4.69) is 13.8 Å². The van der Waals surface area contributed by atoms with E-state index in [-0.39, 0.29) is 18.3 Å². The Hall–Kier alpha value is -1.06. The van der Waals surface area contributed by atoms with Crippen molar-refractivity contribution in [2.75, 3.05) is 13.2 Å². The Bertz CT molecular complexity index is 362. The molecular formula is C27H53NO3. The van der Waals surface area contributed by atoms with E-state index in [0.717, 1.165) is 25.7 Å². The van der Waals surface area contributed by atoms with Crippen LogP contribution in [-0.4, -0.2) is 25.1 Å². The lowest BCUT2D eigenvalue weighted by molar-refractivity contribution is -0.142. The predicted octanol–water partition coefficient (Wildman–Crippen LogP) is 8.76. The molecule has 0 atom stereocenters. The van der Waals surface area contributed by atoms with Crippen LogP contribution in [0.1, 0.15) is 149 Å². The van der Waals surface area contributed by atoms with Crippen molar-refractivity contribution < 1.29 is 14.3 Å². The fraction of sp³-hybridized carbons (Fsp3) is 0.926. The third-order valence-corrected chi connectivity index (χ3v) is 5.84. The lowest BCUT2D eigenvalue weighted by Crippen LogP contribution is -2.14. The molecule has 4 heteroatoms. The first kappa shape index (κ1) is 29.9. The Morgan fingerprint density at radius 3 is 1.23 bits per heavy atom. The minimum atomic E-state index is -0.330. The zero-order valence-corrected chi connectivity index (χ0v) is 21.0. The molecule has 0 aromatic heterocycles. The molecule has 0 fully saturated rings. The number of esters is 1. The van der Waals surface area contributed by atoms with Crippen molar-refractivity contribution in [3.8, 4) is 0 Å². The molecule has 0 amide bonds. The van der Waals surface area contributed by atoms with Crippen LogP contribution in [0.5, 0.6) is 0 Å². The van der Waals surface area contributed by atoms with Crippen molar-refractivity contribution in [3.63, 3.8) is 0 Å². The Labute approximate surface area is 193 Å². The van der Waals surface area contributed by atoms with E-state index >= 15 is 0 Å². The summed E-state index contributed by atoms with van der Waals surface area (Å²) in [7, 11) is 0. The summed E-state index contributed by atoms with van der Waals surface area (Å²) in [5, 5.41) is 7.78. The Balaban J connectivity index is 3.31. The van der Waals surface area contributed by atoms with Crippen LogP contribution in [0.15, 0.2) is 0 Å². The number of rotatable bonds is 24. The number of unbranched alkanes of at least 4 members (excludes halogenated alkanes) is 18. The highest BCUT2D eigenvalue weighted by atomic mass is 16.5. The van der Waals surface area contributed by atoms with Gasteiger partial charge < -0.3 is 9.47 Å². The molecule has 0 unspecified atom stereocenters. The van der Waals surface area contributed by atoms with Crippen molar-refractivity contribution in [1.82, 2.24) is 0 Å². The summed E-state index contributed by atoms with van der Waals surface area (Å²) in [5.41, 5.74) is 0. The third-order valence-electron chi connectivity index (χ3n) is 5.84. The number of hydrogen-bond acceptors (Lipinski definition) is 4. The van der Waals surface area contributed by atoms with Gasteiger partial charge in [-0.05, 0) is 12.8 Å². The van der Waals surface area contributed by atoms with Crippen LogP contribution in [0, 0.1) is 5.41 Å². The maximum Gasteiger partial charge on any atom is 0.315 e. The molecule has 0 aliphatic heterocycles. The lowest BCUT2D eigenvalue weighted by Gasteiger charge is -2.08. The van der Waals surface area contributed by atoms with Crippen molar-refractivity contribution in [3.05, 3.63) is 0 Å². The SMILES string of the molecule is CCCCCCCCCCCCOC(=N)CC(=O)OCCCCCCCCCCCC. The van der Waals surface area contributed by atoms with Gasteiger partial charge in [-0.1, -0.05) is 129 Å². The predicted molar refractivity (Wildman–Crippen MR) is 133 cm³/mol. The summed E-state index contributed by atoms with van der Waals surface area (Å²) in [4.78, 5) is 11.8. The lowest BCUT2D eigenvalue weighted by atomic mass is 10.1. The summed E-state index contributed by atoms with van der Waals surface area (Å²) in [6.07, 6.45) is 25.4. The van der Waals surface area contributed by atoms with E-state index in [4.69, 9.17) is 14.9 Å². The first-order valence-electron chi connectivity index (χ1n) is 13.6. The molecule has 0 aromatic rings. The highest BCUT2D eigenvalue weighted by Gasteiger charge is 2.08. The zero-order chi connectivity index (χ0) is 22.8. The van der Waals surface area contributed by atoms with E-state index in [0.29, 0.717) is 13.2 Å². The molecule has 0 aromatic carbocycles. The van der Waals surface area contributed by atoms with Gasteiger partial charge in [0.1, 0.15) is 6.42 Å². The maximum absolute atomic E-state index is 11.8. The van der Waals surface area contributed by atoms with E-state index in [1.165, 1.54) is 103 Å². The molecule has 4 nitrogen and oxygen atoms in total. The minimum Gasteiger partial charge on any atom is -0.481 e. The van der Waals surface area contributed by atoms with Gasteiger partial charge in [0.15, 0.2) is 5.90 Å². The standard InChI is InChI=1S/C27H53NO3/c1-3-5-7-9-11-13-15-17-19-21-23-30-26(28)25-27(29)31-24-22-20-18-16-14-12-10-8-6-4-2/h28H,3-25H2,1-2H3. The first-order chi connectivity index (χ1) is 15.2. The molecule has 0 saturated heterocycles. The van der Waals surface area contributed by atoms with Crippen LogP contribution in [0.3, 0.4) is 0 Å². The second kappa shape index (κ2) is 25.2. The molecule has 0 spiro atoms. The van der Waals surface area contributed by atoms with Crippen LogP contribution in [0.4, 0.5) is 0 Å². The van der Waals surface area contributed by atoms with E-state index in [1.54, 1.807) is 0 Å². The van der Waals surface area contributed by atoms with Gasteiger partial charge in [-0.15, -0.1) is 0 Å².